The van der Waals surface area contributed by atoms with E-state index in [0.29, 0.717) is 17.0 Å². The summed E-state index contributed by atoms with van der Waals surface area (Å²) in [5.74, 6) is -0.370. The number of likely N-dealkylation sites (N-methyl/N-ethyl adjacent to an activating group) is 1. The number of imidazole rings is 1. The second-order valence-electron chi connectivity index (χ2n) is 6.28. The first kappa shape index (κ1) is 16.2. The second kappa shape index (κ2) is 6.09. The van der Waals surface area contributed by atoms with Gasteiger partial charge in [0.05, 0.1) is 11.4 Å². The molecule has 124 valence electrons. The normalized spacial score (nSPS) is 12.4. The number of rotatable bonds is 3. The molecule has 0 aliphatic rings. The number of aliphatic hydroxyl groups is 1. The van der Waals surface area contributed by atoms with E-state index in [9.17, 15) is 9.90 Å². The number of hydrogen-bond acceptors (Lipinski definition) is 3. The number of aryl methyl sites for hydroxylation is 2. The summed E-state index contributed by atoms with van der Waals surface area (Å²) in [5, 5.41) is 10.7. The summed E-state index contributed by atoms with van der Waals surface area (Å²) in [4.78, 5) is 18.4. The lowest BCUT2D eigenvalue weighted by Crippen LogP contribution is -2.29. The minimum Gasteiger partial charge on any atom is -0.377 e. The van der Waals surface area contributed by atoms with Gasteiger partial charge in [-0.15, -0.1) is 0 Å². The van der Waals surface area contributed by atoms with Crippen LogP contribution < -0.4 is 0 Å². The van der Waals surface area contributed by atoms with Crippen molar-refractivity contribution in [3.63, 3.8) is 0 Å². The van der Waals surface area contributed by atoms with Crippen LogP contribution in [0.5, 0.6) is 0 Å². The maximum atomic E-state index is 12.3. The molecule has 5 heteroatoms. The second-order valence-corrected chi connectivity index (χ2v) is 6.28. The molecule has 24 heavy (non-hydrogen) atoms. The molecule has 1 atom stereocenters. The van der Waals surface area contributed by atoms with Gasteiger partial charge in [0.15, 0.2) is 6.10 Å². The van der Waals surface area contributed by atoms with Crippen LogP contribution in [0, 0.1) is 13.8 Å². The Morgan fingerprint density at radius 3 is 2.42 bits per heavy atom. The standard InChI is InChI=1S/C19H21N3O2/c1-12-5-7-14(8-6-12)16-17(18(23)19(24)21(3)4)22-10-9-13(2)11-15(22)20-16/h5-11,18,23H,1-4H3. The molecule has 1 unspecified atom stereocenters. The molecule has 0 spiro atoms. The van der Waals surface area contributed by atoms with Gasteiger partial charge in [0.2, 0.25) is 0 Å². The molecule has 0 saturated carbocycles. The highest BCUT2D eigenvalue weighted by Gasteiger charge is 2.27. The number of nitrogens with zero attached hydrogens (tertiary/aromatic N) is 3. The maximum Gasteiger partial charge on any atom is 0.257 e. The number of carbonyl (C=O) groups is 1. The minimum atomic E-state index is -1.27. The molecular weight excluding hydrogens is 302 g/mol. The van der Waals surface area contributed by atoms with Crippen molar-refractivity contribution < 1.29 is 9.90 Å². The lowest BCUT2D eigenvalue weighted by atomic mass is 10.1. The van der Waals surface area contributed by atoms with Crippen molar-refractivity contribution >= 4 is 11.6 Å². The van der Waals surface area contributed by atoms with E-state index in [-0.39, 0.29) is 5.91 Å². The Morgan fingerprint density at radius 1 is 1.12 bits per heavy atom. The van der Waals surface area contributed by atoms with Gasteiger partial charge in [0, 0.05) is 25.9 Å². The Kier molecular flexibility index (Phi) is 4.11. The maximum absolute atomic E-state index is 12.3. The third-order valence-corrected chi connectivity index (χ3v) is 4.08. The molecular formula is C19H21N3O2. The van der Waals surface area contributed by atoms with Gasteiger partial charge in [-0.1, -0.05) is 29.8 Å². The van der Waals surface area contributed by atoms with E-state index in [1.54, 1.807) is 18.5 Å². The quantitative estimate of drug-likeness (QED) is 0.806. The van der Waals surface area contributed by atoms with Gasteiger partial charge in [-0.05, 0) is 31.5 Å². The molecule has 1 amide bonds. The average molecular weight is 323 g/mol. The number of aromatic nitrogens is 2. The van der Waals surface area contributed by atoms with E-state index in [2.05, 4.69) is 4.98 Å². The van der Waals surface area contributed by atoms with Gasteiger partial charge in [0.25, 0.3) is 5.91 Å². The fraction of sp³-hybridized carbons (Fsp3) is 0.263. The predicted molar refractivity (Wildman–Crippen MR) is 93.8 cm³/mol. The van der Waals surface area contributed by atoms with E-state index in [1.807, 2.05) is 56.4 Å². The lowest BCUT2D eigenvalue weighted by Gasteiger charge is -2.17. The van der Waals surface area contributed by atoms with Gasteiger partial charge in [-0.3, -0.25) is 4.79 Å². The number of aliphatic hydroxyl groups excluding tert-OH is 1. The number of carbonyl (C=O) groups excluding carboxylic acids is 1. The van der Waals surface area contributed by atoms with Crippen LogP contribution in [0.2, 0.25) is 0 Å². The van der Waals surface area contributed by atoms with Crippen LogP contribution in [0.15, 0.2) is 42.6 Å². The van der Waals surface area contributed by atoms with E-state index < -0.39 is 6.10 Å². The molecule has 5 nitrogen and oxygen atoms in total. The lowest BCUT2D eigenvalue weighted by molar-refractivity contribution is -0.138. The molecule has 0 radical (unpaired) electrons. The van der Waals surface area contributed by atoms with E-state index >= 15 is 0 Å². The summed E-state index contributed by atoms with van der Waals surface area (Å²) in [6.45, 7) is 4.00. The molecule has 0 aliphatic carbocycles. The molecule has 0 aliphatic heterocycles. The number of fused-ring (bicyclic) bond motifs is 1. The highest BCUT2D eigenvalue weighted by atomic mass is 16.3. The summed E-state index contributed by atoms with van der Waals surface area (Å²) in [5.41, 5.74) is 4.93. The monoisotopic (exact) mass is 323 g/mol. The fourth-order valence-electron chi connectivity index (χ4n) is 2.71. The van der Waals surface area contributed by atoms with E-state index in [4.69, 9.17) is 0 Å². The summed E-state index contributed by atoms with van der Waals surface area (Å²) in [6.07, 6.45) is 0.575. The van der Waals surface area contributed by atoms with E-state index in [0.717, 1.165) is 16.7 Å². The van der Waals surface area contributed by atoms with Crippen LogP contribution in [0.25, 0.3) is 16.9 Å². The summed E-state index contributed by atoms with van der Waals surface area (Å²) < 4.78 is 1.79. The predicted octanol–water partition coefficient (Wildman–Crippen LogP) is 2.74. The molecule has 0 bridgehead atoms. The zero-order valence-electron chi connectivity index (χ0n) is 14.3. The highest BCUT2D eigenvalue weighted by molar-refractivity contribution is 5.84. The largest absolute Gasteiger partial charge is 0.377 e. The third-order valence-electron chi connectivity index (χ3n) is 4.08. The van der Waals surface area contributed by atoms with Crippen molar-refractivity contribution in [2.24, 2.45) is 0 Å². The van der Waals surface area contributed by atoms with Gasteiger partial charge < -0.3 is 14.4 Å². The Balaban J connectivity index is 2.25. The van der Waals surface area contributed by atoms with Gasteiger partial charge >= 0.3 is 0 Å². The number of pyridine rings is 1. The third kappa shape index (κ3) is 2.78. The van der Waals surface area contributed by atoms with Crippen molar-refractivity contribution in [3.8, 4) is 11.3 Å². The van der Waals surface area contributed by atoms with Crippen molar-refractivity contribution in [1.82, 2.24) is 14.3 Å². The Bertz CT molecular complexity index is 895. The molecule has 0 saturated heterocycles. The minimum absolute atomic E-state index is 0.370. The molecule has 1 aromatic carbocycles. The summed E-state index contributed by atoms with van der Waals surface area (Å²) in [7, 11) is 3.26. The molecule has 2 heterocycles. The molecule has 2 aromatic heterocycles. The van der Waals surface area contributed by atoms with Crippen LogP contribution in [0.1, 0.15) is 22.9 Å². The Hall–Kier alpha value is -2.66. The molecule has 0 fully saturated rings. The van der Waals surface area contributed by atoms with Crippen LogP contribution in [0.3, 0.4) is 0 Å². The van der Waals surface area contributed by atoms with Crippen LogP contribution in [-0.2, 0) is 4.79 Å². The van der Waals surface area contributed by atoms with Gasteiger partial charge in [-0.25, -0.2) is 4.98 Å². The topological polar surface area (TPSA) is 57.8 Å². The zero-order chi connectivity index (χ0) is 17.4. The van der Waals surface area contributed by atoms with E-state index in [1.165, 1.54) is 4.90 Å². The first-order chi connectivity index (χ1) is 11.4. The fourth-order valence-corrected chi connectivity index (χ4v) is 2.71. The molecule has 3 rings (SSSR count). The average Bonchev–Trinajstić information content (AvgIpc) is 2.92. The molecule has 3 aromatic rings. The van der Waals surface area contributed by atoms with Crippen LogP contribution in [0.4, 0.5) is 0 Å². The van der Waals surface area contributed by atoms with Crippen LogP contribution in [-0.4, -0.2) is 39.4 Å². The van der Waals surface area contributed by atoms with Crippen molar-refractivity contribution in [2.45, 2.75) is 20.0 Å². The van der Waals surface area contributed by atoms with Crippen molar-refractivity contribution in [2.75, 3.05) is 14.1 Å². The molecule has 1 N–H and O–H groups in total. The number of benzene rings is 1. The van der Waals surface area contributed by atoms with Gasteiger partial charge in [0.1, 0.15) is 5.65 Å². The van der Waals surface area contributed by atoms with Gasteiger partial charge in [-0.2, -0.15) is 0 Å². The highest BCUT2D eigenvalue weighted by Crippen LogP contribution is 2.30. The Morgan fingerprint density at radius 2 is 1.79 bits per heavy atom. The SMILES string of the molecule is Cc1ccc(-c2nc3cc(C)ccn3c2C(O)C(=O)N(C)C)cc1. The van der Waals surface area contributed by atoms with Crippen LogP contribution >= 0.6 is 0 Å². The van der Waals surface area contributed by atoms with Crippen molar-refractivity contribution in [3.05, 3.63) is 59.4 Å². The Labute approximate surface area is 141 Å². The number of amides is 1. The number of hydrogen-bond donors (Lipinski definition) is 1. The summed E-state index contributed by atoms with van der Waals surface area (Å²) in [6, 6.07) is 11.8. The zero-order valence-corrected chi connectivity index (χ0v) is 14.3. The van der Waals surface area contributed by atoms with Crippen molar-refractivity contribution in [1.29, 1.82) is 0 Å². The first-order valence-corrected chi connectivity index (χ1v) is 7.83. The smallest absolute Gasteiger partial charge is 0.257 e. The first-order valence-electron chi connectivity index (χ1n) is 7.83. The summed E-state index contributed by atoms with van der Waals surface area (Å²) >= 11 is 0.